The first kappa shape index (κ1) is 38.7. The fourth-order valence-electron chi connectivity index (χ4n) is 11.6. The lowest BCUT2D eigenvalue weighted by Crippen LogP contribution is -2.08. The van der Waals surface area contributed by atoms with E-state index < -0.39 is 0 Å². The molecule has 0 saturated heterocycles. The van der Waals surface area contributed by atoms with E-state index in [1.807, 2.05) is 6.07 Å². The molecule has 0 fully saturated rings. The van der Waals surface area contributed by atoms with Gasteiger partial charge in [-0.2, -0.15) is 0 Å². The summed E-state index contributed by atoms with van der Waals surface area (Å²) in [5, 5.41) is 13.5. The van der Waals surface area contributed by atoms with Crippen molar-refractivity contribution in [2.45, 2.75) is 0 Å². The maximum atomic E-state index is 6.90. The van der Waals surface area contributed by atoms with Gasteiger partial charge in [0, 0.05) is 44.0 Å². The van der Waals surface area contributed by atoms with Crippen molar-refractivity contribution in [3.8, 4) is 33.6 Å². The predicted molar refractivity (Wildman–Crippen MR) is 293 cm³/mol. The lowest BCUT2D eigenvalue weighted by molar-refractivity contribution is 0.669. The molecule has 4 heteroatoms. The monoisotopic (exact) mass is 892 g/mol. The molecule has 0 bridgehead atoms. The van der Waals surface area contributed by atoms with Crippen molar-refractivity contribution < 1.29 is 8.83 Å². The summed E-state index contributed by atoms with van der Waals surface area (Å²) in [7, 11) is 0. The van der Waals surface area contributed by atoms with E-state index >= 15 is 0 Å². The Bertz CT molecular complexity index is 4700. The van der Waals surface area contributed by atoms with Crippen LogP contribution in [0.4, 0.5) is 0 Å². The van der Waals surface area contributed by atoms with E-state index in [9.17, 15) is 0 Å². The maximum Gasteiger partial charge on any atom is 0.143 e. The molecule has 0 unspecified atom stereocenters. The van der Waals surface area contributed by atoms with Crippen molar-refractivity contribution in [2.24, 2.45) is 0 Å². The zero-order chi connectivity index (χ0) is 45.9. The Hall–Kier alpha value is -9.38. The Kier molecular flexibility index (Phi) is 8.33. The summed E-state index contributed by atoms with van der Waals surface area (Å²) < 4.78 is 18.6. The van der Waals surface area contributed by atoms with E-state index in [0.717, 1.165) is 143 Å². The van der Waals surface area contributed by atoms with Gasteiger partial charge in [-0.3, -0.25) is 0 Å². The first-order chi connectivity index (χ1) is 34.8. The third-order valence-corrected chi connectivity index (χ3v) is 14.6. The lowest BCUT2D eigenvalue weighted by atomic mass is 9.86. The zero-order valence-electron chi connectivity index (χ0n) is 37.8. The molecule has 0 atom stereocenters. The molecule has 0 amide bonds. The zero-order valence-corrected chi connectivity index (χ0v) is 37.8. The van der Waals surface area contributed by atoms with Crippen LogP contribution in [-0.2, 0) is 0 Å². The number of fused-ring (bicyclic) bond motifs is 16. The van der Waals surface area contributed by atoms with Crippen molar-refractivity contribution in [1.82, 2.24) is 9.13 Å². The van der Waals surface area contributed by atoms with E-state index in [1.165, 1.54) is 0 Å². The van der Waals surface area contributed by atoms with E-state index in [-0.39, 0.29) is 0 Å². The number of nitrogens with zero attached hydrogens (tertiary/aromatic N) is 2. The molecule has 0 aliphatic carbocycles. The molecule has 0 radical (unpaired) electrons. The van der Waals surface area contributed by atoms with Crippen molar-refractivity contribution in [2.75, 3.05) is 0 Å². The van der Waals surface area contributed by atoms with Crippen LogP contribution in [0.15, 0.2) is 251 Å². The molecular weight excluding hydrogens is 853 g/mol. The highest BCUT2D eigenvalue weighted by molar-refractivity contribution is 6.33. The van der Waals surface area contributed by atoms with Gasteiger partial charge < -0.3 is 18.0 Å². The van der Waals surface area contributed by atoms with Crippen LogP contribution in [0, 0.1) is 0 Å². The quantitative estimate of drug-likeness (QED) is 0.165. The molecule has 0 aliphatic rings. The fraction of sp³-hybridized carbons (Fsp3) is 0. The van der Waals surface area contributed by atoms with Gasteiger partial charge >= 0.3 is 0 Å². The van der Waals surface area contributed by atoms with Gasteiger partial charge in [-0.05, 0) is 115 Å². The molecule has 70 heavy (non-hydrogen) atoms. The lowest BCUT2D eigenvalue weighted by Gasteiger charge is -2.23. The Morgan fingerprint density at radius 1 is 0.229 bits per heavy atom. The molecule has 0 N–H and O–H groups in total. The molecule has 15 aromatic rings. The third-order valence-electron chi connectivity index (χ3n) is 14.6. The van der Waals surface area contributed by atoms with Crippen LogP contribution in [0.3, 0.4) is 0 Å². The Labute approximate surface area is 401 Å². The van der Waals surface area contributed by atoms with E-state index in [0.29, 0.717) is 0 Å². The number of aromatic nitrogens is 2. The van der Waals surface area contributed by atoms with Gasteiger partial charge in [0.2, 0.25) is 0 Å². The molecule has 0 saturated carbocycles. The van der Waals surface area contributed by atoms with Gasteiger partial charge in [-0.15, -0.1) is 0 Å². The molecule has 3 heterocycles. The number of rotatable bonds is 4. The average molecular weight is 893 g/mol. The summed E-state index contributed by atoms with van der Waals surface area (Å²) >= 11 is 0. The second-order valence-corrected chi connectivity index (χ2v) is 18.3. The SMILES string of the molecule is c1ccc(-n2c3ccccc3n(-c3ccccc3)c3cc4c(cc32)c2ccccc2c2cccc(-c3cccc5c3oc3ccccc35)c2c2c(-c3cccc5c3oc3ccccc35)cccc42)cc1. The van der Waals surface area contributed by atoms with Crippen molar-refractivity contribution in [3.63, 3.8) is 0 Å². The Morgan fingerprint density at radius 3 is 1.06 bits per heavy atom. The van der Waals surface area contributed by atoms with Crippen LogP contribution in [-0.4, -0.2) is 9.13 Å². The van der Waals surface area contributed by atoms with Gasteiger partial charge in [0.1, 0.15) is 22.3 Å². The highest BCUT2D eigenvalue weighted by Gasteiger charge is 2.23. The summed E-state index contributed by atoms with van der Waals surface area (Å²) in [4.78, 5) is 0. The standard InChI is InChI=1S/C66H40N2O2/c1-3-19-41(20-4-1)67-57-35-11-12-36-58(57)68(42-21-5-2-6-22-42)60-40-56-50-30-16-29-49(54-34-18-32-52-46-26-10-14-38-62(46)70-66(52)54)64(50)63-47(43-23-7-8-24-44(43)55(56)39-59(60)67)27-15-28-48(63)53-33-17-31-51-45-25-9-13-37-61(45)69-65(51)53/h1-40H. The minimum atomic E-state index is 0.869. The number of furan rings is 2. The van der Waals surface area contributed by atoms with Gasteiger partial charge in [0.15, 0.2) is 0 Å². The van der Waals surface area contributed by atoms with Crippen LogP contribution < -0.4 is 0 Å². The number of benzene rings is 11. The van der Waals surface area contributed by atoms with E-state index in [1.54, 1.807) is 0 Å². The van der Waals surface area contributed by atoms with Gasteiger partial charge in [0.25, 0.3) is 0 Å². The molecule has 15 rings (SSSR count). The van der Waals surface area contributed by atoms with Gasteiger partial charge in [-0.25, -0.2) is 0 Å². The van der Waals surface area contributed by atoms with Crippen LogP contribution in [0.25, 0.3) is 143 Å². The minimum absolute atomic E-state index is 0.869. The van der Waals surface area contributed by atoms with Gasteiger partial charge in [-0.1, -0.05) is 182 Å². The molecule has 3 aromatic heterocycles. The fourth-order valence-corrected chi connectivity index (χ4v) is 11.6. The first-order valence-corrected chi connectivity index (χ1v) is 23.9. The van der Waals surface area contributed by atoms with Crippen molar-refractivity contribution >= 4 is 109 Å². The predicted octanol–water partition coefficient (Wildman–Crippen LogP) is 18.4. The first-order valence-electron chi connectivity index (χ1n) is 23.9. The maximum absolute atomic E-state index is 6.90. The van der Waals surface area contributed by atoms with E-state index in [4.69, 9.17) is 8.83 Å². The van der Waals surface area contributed by atoms with Crippen molar-refractivity contribution in [1.29, 1.82) is 0 Å². The normalized spacial score (nSPS) is 12.0. The smallest absolute Gasteiger partial charge is 0.143 e. The Balaban J connectivity index is 1.22. The number of hydrogen-bond donors (Lipinski definition) is 0. The number of para-hydroxylation sites is 8. The highest BCUT2D eigenvalue weighted by Crippen LogP contribution is 2.48. The molecule has 0 spiro atoms. The molecule has 12 aromatic carbocycles. The number of hydrogen-bond acceptors (Lipinski definition) is 2. The topological polar surface area (TPSA) is 36.1 Å². The summed E-state index contributed by atoms with van der Waals surface area (Å²) in [6, 6.07) is 87.8. The summed E-state index contributed by atoms with van der Waals surface area (Å²) in [6.45, 7) is 0. The third kappa shape index (κ3) is 5.59. The second-order valence-electron chi connectivity index (χ2n) is 18.3. The summed E-state index contributed by atoms with van der Waals surface area (Å²) in [6.07, 6.45) is 0. The molecule has 0 aliphatic heterocycles. The molecule has 326 valence electrons. The van der Waals surface area contributed by atoms with Crippen LogP contribution in [0.2, 0.25) is 0 Å². The largest absolute Gasteiger partial charge is 0.455 e. The highest BCUT2D eigenvalue weighted by atomic mass is 16.3. The van der Waals surface area contributed by atoms with Crippen molar-refractivity contribution in [3.05, 3.63) is 243 Å². The summed E-state index contributed by atoms with van der Waals surface area (Å²) in [5.41, 5.74) is 14.3. The van der Waals surface area contributed by atoms with Gasteiger partial charge in [0.05, 0.1) is 22.1 Å². The summed E-state index contributed by atoms with van der Waals surface area (Å²) in [5.74, 6) is 0. The molecule has 4 nitrogen and oxygen atoms in total. The Morgan fingerprint density at radius 2 is 0.571 bits per heavy atom. The van der Waals surface area contributed by atoms with E-state index in [2.05, 4.69) is 246 Å². The van der Waals surface area contributed by atoms with Crippen LogP contribution >= 0.6 is 0 Å². The van der Waals surface area contributed by atoms with Crippen LogP contribution in [0.1, 0.15) is 0 Å². The van der Waals surface area contributed by atoms with Crippen LogP contribution in [0.5, 0.6) is 0 Å². The minimum Gasteiger partial charge on any atom is -0.455 e. The average Bonchev–Trinajstić information content (AvgIpc) is 4.01. The second kappa shape index (κ2) is 15.1. The molecular formula is C66H40N2O2.